The third-order valence-corrected chi connectivity index (χ3v) is 3.19. The molecule has 0 unspecified atom stereocenters. The number of rotatable bonds is 1. The number of carbonyl (C=O) groups excluding carboxylic acids is 1. The molecule has 1 saturated carbocycles. The van der Waals surface area contributed by atoms with Crippen LogP contribution in [-0.4, -0.2) is 23.3 Å². The Balaban J connectivity index is 2.01. The minimum Gasteiger partial charge on any atom is -0.293 e. The highest BCUT2D eigenvalue weighted by Crippen LogP contribution is 2.32. The molecule has 1 aliphatic carbocycles. The maximum atomic E-state index is 13.5. The second-order valence-corrected chi connectivity index (χ2v) is 4.33. The lowest BCUT2D eigenvalue weighted by Gasteiger charge is -2.27. The molecule has 3 rings (SSSR count). The van der Waals surface area contributed by atoms with Crippen LogP contribution in [0.15, 0.2) is 18.2 Å². The third kappa shape index (κ3) is 1.47. The van der Waals surface area contributed by atoms with E-state index in [1.54, 1.807) is 12.1 Å². The van der Waals surface area contributed by atoms with Crippen LogP contribution in [0.1, 0.15) is 28.8 Å². The number of Topliss-reactive ketones (excluding diaryl/α,β-unsaturated/α-hetero) is 1. The zero-order valence-electron chi connectivity index (χ0n) is 8.37. The fourth-order valence-electron chi connectivity index (χ4n) is 2.21. The summed E-state index contributed by atoms with van der Waals surface area (Å²) in [5.41, 5.74) is 1.16. The number of fused-ring (bicyclic) bond motifs is 1. The van der Waals surface area contributed by atoms with Crippen molar-refractivity contribution in [1.29, 1.82) is 0 Å². The van der Waals surface area contributed by atoms with Crippen LogP contribution in [0.5, 0.6) is 0 Å². The van der Waals surface area contributed by atoms with Crippen molar-refractivity contribution >= 4 is 5.78 Å². The normalized spacial score (nSPS) is 21.5. The van der Waals surface area contributed by atoms with Crippen LogP contribution in [0.2, 0.25) is 0 Å². The predicted octanol–water partition coefficient (Wildman–Crippen LogP) is 1.99. The first-order valence-corrected chi connectivity index (χ1v) is 5.30. The summed E-state index contributed by atoms with van der Waals surface area (Å²) in [6.07, 6.45) is 2.30. The van der Waals surface area contributed by atoms with Gasteiger partial charge in [0.25, 0.3) is 0 Å². The maximum Gasteiger partial charge on any atom is 0.177 e. The number of carbonyl (C=O) groups is 1. The fourth-order valence-corrected chi connectivity index (χ4v) is 2.21. The minimum absolute atomic E-state index is 0.0580. The molecule has 15 heavy (non-hydrogen) atoms. The van der Waals surface area contributed by atoms with E-state index in [0.717, 1.165) is 12.8 Å². The van der Waals surface area contributed by atoms with Crippen LogP contribution in [0, 0.1) is 5.82 Å². The number of ketones is 1. The first-order valence-electron chi connectivity index (χ1n) is 5.30. The van der Waals surface area contributed by atoms with Crippen LogP contribution in [0.25, 0.3) is 0 Å². The smallest absolute Gasteiger partial charge is 0.177 e. The fraction of sp³-hybridized carbons (Fsp3) is 0.417. The molecule has 1 aromatic carbocycles. The summed E-state index contributed by atoms with van der Waals surface area (Å²) < 4.78 is 13.5. The zero-order valence-corrected chi connectivity index (χ0v) is 8.37. The lowest BCUT2D eigenvalue weighted by molar-refractivity contribution is 0.0890. The molecule has 1 heterocycles. The molecule has 1 aliphatic heterocycles. The van der Waals surface area contributed by atoms with Gasteiger partial charge in [-0.1, -0.05) is 12.1 Å². The SMILES string of the molecule is O=C1CN(C2CC2)Cc2c(F)cccc21. The van der Waals surface area contributed by atoms with Crippen molar-refractivity contribution in [3.8, 4) is 0 Å². The molecule has 0 aromatic heterocycles. The summed E-state index contributed by atoms with van der Waals surface area (Å²) in [6, 6.07) is 5.29. The van der Waals surface area contributed by atoms with Crippen LogP contribution in [0.4, 0.5) is 4.39 Å². The van der Waals surface area contributed by atoms with E-state index in [2.05, 4.69) is 4.90 Å². The van der Waals surface area contributed by atoms with E-state index in [1.807, 2.05) is 0 Å². The predicted molar refractivity (Wildman–Crippen MR) is 54.2 cm³/mol. The van der Waals surface area contributed by atoms with Gasteiger partial charge >= 0.3 is 0 Å². The molecule has 0 spiro atoms. The van der Waals surface area contributed by atoms with Crippen molar-refractivity contribution in [2.75, 3.05) is 6.54 Å². The van der Waals surface area contributed by atoms with E-state index in [9.17, 15) is 9.18 Å². The second kappa shape index (κ2) is 3.14. The van der Waals surface area contributed by atoms with E-state index >= 15 is 0 Å². The van der Waals surface area contributed by atoms with Gasteiger partial charge in [0.2, 0.25) is 0 Å². The standard InChI is InChI=1S/C12H12FNO/c13-11-3-1-2-9-10(11)6-14(7-12(9)15)8-4-5-8/h1-3,8H,4-7H2. The molecule has 0 atom stereocenters. The average Bonchev–Trinajstić information content (AvgIpc) is 3.02. The summed E-state index contributed by atoms with van der Waals surface area (Å²) in [5.74, 6) is -0.186. The Kier molecular flexibility index (Phi) is 1.89. The molecular weight excluding hydrogens is 193 g/mol. The van der Waals surface area contributed by atoms with Crippen molar-refractivity contribution in [2.45, 2.75) is 25.4 Å². The van der Waals surface area contributed by atoms with Crippen molar-refractivity contribution in [3.05, 3.63) is 35.1 Å². The van der Waals surface area contributed by atoms with E-state index in [4.69, 9.17) is 0 Å². The first-order chi connectivity index (χ1) is 7.25. The van der Waals surface area contributed by atoms with Gasteiger partial charge < -0.3 is 0 Å². The third-order valence-electron chi connectivity index (χ3n) is 3.19. The summed E-state index contributed by atoms with van der Waals surface area (Å²) in [5, 5.41) is 0. The van der Waals surface area contributed by atoms with Crippen LogP contribution < -0.4 is 0 Å². The maximum absolute atomic E-state index is 13.5. The summed E-state index contributed by atoms with van der Waals surface area (Å²) in [7, 11) is 0. The van der Waals surface area contributed by atoms with Gasteiger partial charge in [-0.2, -0.15) is 0 Å². The Bertz CT molecular complexity index is 426. The van der Waals surface area contributed by atoms with Gasteiger partial charge in [-0.15, -0.1) is 0 Å². The largest absolute Gasteiger partial charge is 0.293 e. The molecule has 0 radical (unpaired) electrons. The summed E-state index contributed by atoms with van der Waals surface area (Å²) in [6.45, 7) is 1.06. The molecular formula is C12H12FNO. The minimum atomic E-state index is -0.244. The van der Waals surface area contributed by atoms with Crippen LogP contribution in [-0.2, 0) is 6.54 Å². The summed E-state index contributed by atoms with van der Waals surface area (Å²) in [4.78, 5) is 13.9. The molecule has 2 nitrogen and oxygen atoms in total. The van der Waals surface area contributed by atoms with Gasteiger partial charge in [-0.25, -0.2) is 4.39 Å². The van der Waals surface area contributed by atoms with E-state index in [1.165, 1.54) is 6.07 Å². The van der Waals surface area contributed by atoms with Crippen molar-refractivity contribution in [2.24, 2.45) is 0 Å². The molecule has 3 heteroatoms. The Morgan fingerprint density at radius 2 is 2.07 bits per heavy atom. The number of hydrogen-bond donors (Lipinski definition) is 0. The van der Waals surface area contributed by atoms with Crippen molar-refractivity contribution in [3.63, 3.8) is 0 Å². The van der Waals surface area contributed by atoms with E-state index in [-0.39, 0.29) is 11.6 Å². The molecule has 2 aliphatic rings. The highest BCUT2D eigenvalue weighted by molar-refractivity contribution is 5.99. The second-order valence-electron chi connectivity index (χ2n) is 4.33. The van der Waals surface area contributed by atoms with Crippen LogP contribution in [0.3, 0.4) is 0 Å². The van der Waals surface area contributed by atoms with Crippen molar-refractivity contribution < 1.29 is 9.18 Å². The Morgan fingerprint density at radius 1 is 1.27 bits per heavy atom. The molecule has 0 saturated heterocycles. The number of benzene rings is 1. The van der Waals surface area contributed by atoms with Crippen LogP contribution >= 0.6 is 0 Å². The van der Waals surface area contributed by atoms with Gasteiger partial charge in [0.15, 0.2) is 5.78 Å². The number of halogens is 1. The van der Waals surface area contributed by atoms with E-state index in [0.29, 0.717) is 30.3 Å². The highest BCUT2D eigenvalue weighted by atomic mass is 19.1. The van der Waals surface area contributed by atoms with Gasteiger partial charge in [0, 0.05) is 23.7 Å². The lowest BCUT2D eigenvalue weighted by atomic mass is 9.98. The van der Waals surface area contributed by atoms with Gasteiger partial charge in [0.1, 0.15) is 5.82 Å². The Morgan fingerprint density at radius 3 is 2.80 bits per heavy atom. The monoisotopic (exact) mass is 205 g/mol. The molecule has 1 aromatic rings. The quantitative estimate of drug-likeness (QED) is 0.698. The highest BCUT2D eigenvalue weighted by Gasteiger charge is 2.34. The molecule has 1 fully saturated rings. The Hall–Kier alpha value is -1.22. The van der Waals surface area contributed by atoms with Gasteiger partial charge in [-0.3, -0.25) is 9.69 Å². The zero-order chi connectivity index (χ0) is 10.4. The topological polar surface area (TPSA) is 20.3 Å². The number of hydrogen-bond acceptors (Lipinski definition) is 2. The molecule has 0 bridgehead atoms. The van der Waals surface area contributed by atoms with E-state index < -0.39 is 0 Å². The molecule has 78 valence electrons. The average molecular weight is 205 g/mol. The number of nitrogens with zero attached hydrogens (tertiary/aromatic N) is 1. The molecule has 0 amide bonds. The Labute approximate surface area is 87.7 Å². The van der Waals surface area contributed by atoms with Gasteiger partial charge in [0.05, 0.1) is 6.54 Å². The first kappa shape index (κ1) is 9.04. The van der Waals surface area contributed by atoms with Gasteiger partial charge in [-0.05, 0) is 18.9 Å². The summed E-state index contributed by atoms with van der Waals surface area (Å²) >= 11 is 0. The lowest BCUT2D eigenvalue weighted by Crippen LogP contribution is -2.37. The molecule has 0 N–H and O–H groups in total. The van der Waals surface area contributed by atoms with Crippen molar-refractivity contribution in [1.82, 2.24) is 4.90 Å².